The number of nitrogens with zero attached hydrogens (tertiary/aromatic N) is 2. The number of rotatable bonds is 6. The van der Waals surface area contributed by atoms with Gasteiger partial charge in [0.15, 0.2) is 5.96 Å². The SMILES string of the molecule is CN=C(NCc1cccc(N2CC=CC2)c1)NC(C)Cc1ccc(C)s1.I. The Morgan fingerprint density at radius 1 is 1.22 bits per heavy atom. The van der Waals surface area contributed by atoms with Gasteiger partial charge in [-0.25, -0.2) is 0 Å². The second-order valence-corrected chi connectivity index (χ2v) is 8.11. The van der Waals surface area contributed by atoms with Gasteiger partial charge in [-0.05, 0) is 43.7 Å². The predicted octanol–water partition coefficient (Wildman–Crippen LogP) is 4.35. The highest BCUT2D eigenvalue weighted by molar-refractivity contribution is 14.0. The minimum absolute atomic E-state index is 0. The van der Waals surface area contributed by atoms with E-state index in [4.69, 9.17) is 0 Å². The summed E-state index contributed by atoms with van der Waals surface area (Å²) in [6.07, 6.45) is 5.44. The van der Waals surface area contributed by atoms with Crippen molar-refractivity contribution >= 4 is 47.0 Å². The molecule has 2 N–H and O–H groups in total. The lowest BCUT2D eigenvalue weighted by Crippen LogP contribution is -2.42. The second kappa shape index (κ2) is 10.7. The molecule has 3 rings (SSSR count). The van der Waals surface area contributed by atoms with Gasteiger partial charge in [0.1, 0.15) is 0 Å². The number of guanidine groups is 1. The Bertz CT molecular complexity index is 776. The molecule has 146 valence electrons. The minimum Gasteiger partial charge on any atom is -0.364 e. The number of nitrogens with one attached hydrogen (secondary N) is 2. The van der Waals surface area contributed by atoms with E-state index in [2.05, 4.69) is 82.9 Å². The van der Waals surface area contributed by atoms with Gasteiger partial charge in [0, 0.05) is 54.6 Å². The van der Waals surface area contributed by atoms with Crippen LogP contribution < -0.4 is 15.5 Å². The van der Waals surface area contributed by atoms with Crippen molar-refractivity contribution in [1.29, 1.82) is 0 Å². The molecule has 1 unspecified atom stereocenters. The molecule has 6 heteroatoms. The quantitative estimate of drug-likeness (QED) is 0.271. The van der Waals surface area contributed by atoms with Crippen LogP contribution >= 0.6 is 35.3 Å². The first-order valence-electron chi connectivity index (χ1n) is 9.15. The normalized spacial score (nSPS) is 14.8. The molecule has 27 heavy (non-hydrogen) atoms. The van der Waals surface area contributed by atoms with Crippen molar-refractivity contribution in [2.24, 2.45) is 4.99 Å². The Balaban J connectivity index is 0.00000261. The van der Waals surface area contributed by atoms with Crippen LogP contribution in [0.4, 0.5) is 5.69 Å². The number of halogens is 1. The monoisotopic (exact) mass is 496 g/mol. The molecule has 0 saturated heterocycles. The van der Waals surface area contributed by atoms with Crippen LogP contribution in [0.15, 0.2) is 53.5 Å². The highest BCUT2D eigenvalue weighted by atomic mass is 127. The first-order valence-corrected chi connectivity index (χ1v) is 9.97. The van der Waals surface area contributed by atoms with Crippen molar-refractivity contribution in [1.82, 2.24) is 10.6 Å². The highest BCUT2D eigenvalue weighted by Gasteiger charge is 2.10. The van der Waals surface area contributed by atoms with Crippen LogP contribution in [0.5, 0.6) is 0 Å². The van der Waals surface area contributed by atoms with Crippen molar-refractivity contribution in [2.45, 2.75) is 32.9 Å². The van der Waals surface area contributed by atoms with Gasteiger partial charge in [-0.1, -0.05) is 24.3 Å². The molecule has 1 aliphatic heterocycles. The van der Waals surface area contributed by atoms with Gasteiger partial charge >= 0.3 is 0 Å². The molecule has 0 spiro atoms. The van der Waals surface area contributed by atoms with Crippen LogP contribution in [0.25, 0.3) is 0 Å². The number of benzene rings is 1. The topological polar surface area (TPSA) is 39.7 Å². The van der Waals surface area contributed by atoms with Gasteiger partial charge in [-0.3, -0.25) is 4.99 Å². The lowest BCUT2D eigenvalue weighted by molar-refractivity contribution is 0.645. The molecule has 0 saturated carbocycles. The predicted molar refractivity (Wildman–Crippen MR) is 129 cm³/mol. The summed E-state index contributed by atoms with van der Waals surface area (Å²) in [4.78, 5) is 9.50. The van der Waals surface area contributed by atoms with E-state index in [1.54, 1.807) is 0 Å². The van der Waals surface area contributed by atoms with E-state index in [1.165, 1.54) is 21.0 Å². The minimum atomic E-state index is 0. The number of thiophene rings is 1. The molecule has 2 aromatic rings. The molecule has 4 nitrogen and oxygen atoms in total. The van der Waals surface area contributed by atoms with E-state index in [9.17, 15) is 0 Å². The second-order valence-electron chi connectivity index (χ2n) is 6.73. The van der Waals surface area contributed by atoms with Crippen LogP contribution in [0.2, 0.25) is 0 Å². The van der Waals surface area contributed by atoms with E-state index in [1.807, 2.05) is 18.4 Å². The molecular weight excluding hydrogens is 467 g/mol. The van der Waals surface area contributed by atoms with E-state index in [0.717, 1.165) is 32.0 Å². The Labute approximate surface area is 183 Å². The lowest BCUT2D eigenvalue weighted by Gasteiger charge is -2.20. The lowest BCUT2D eigenvalue weighted by atomic mass is 10.2. The number of hydrogen-bond acceptors (Lipinski definition) is 3. The molecule has 0 aliphatic carbocycles. The van der Waals surface area contributed by atoms with Gasteiger partial charge in [0.25, 0.3) is 0 Å². The van der Waals surface area contributed by atoms with Gasteiger partial charge in [0.2, 0.25) is 0 Å². The molecule has 2 heterocycles. The first kappa shape index (κ1) is 21.8. The number of aliphatic imine (C=N–C) groups is 1. The first-order chi connectivity index (χ1) is 12.6. The summed E-state index contributed by atoms with van der Waals surface area (Å²) in [6.45, 7) is 7.11. The molecule has 1 aliphatic rings. The van der Waals surface area contributed by atoms with Crippen molar-refractivity contribution in [3.05, 3.63) is 63.9 Å². The highest BCUT2D eigenvalue weighted by Crippen LogP contribution is 2.18. The Kier molecular flexibility index (Phi) is 8.63. The van der Waals surface area contributed by atoms with E-state index < -0.39 is 0 Å². The van der Waals surface area contributed by atoms with Gasteiger partial charge < -0.3 is 15.5 Å². The third-order valence-corrected chi connectivity index (χ3v) is 5.49. The standard InChI is InChI=1S/C21H28N4S.HI/c1-16(13-20-10-9-17(2)26-20)24-21(22-3)23-15-18-7-6-8-19(14-18)25-11-4-5-12-25;/h4-10,14,16H,11-13,15H2,1-3H3,(H2,22,23,24);1H. The van der Waals surface area contributed by atoms with Gasteiger partial charge in [-0.15, -0.1) is 35.3 Å². The molecule has 1 aromatic carbocycles. The fourth-order valence-electron chi connectivity index (χ4n) is 3.11. The van der Waals surface area contributed by atoms with Crippen molar-refractivity contribution in [3.8, 4) is 0 Å². The number of hydrogen-bond donors (Lipinski definition) is 2. The third kappa shape index (κ3) is 6.53. The van der Waals surface area contributed by atoms with E-state index in [0.29, 0.717) is 6.04 Å². The van der Waals surface area contributed by atoms with Crippen molar-refractivity contribution in [2.75, 3.05) is 25.0 Å². The Morgan fingerprint density at radius 3 is 2.67 bits per heavy atom. The Morgan fingerprint density at radius 2 is 2.00 bits per heavy atom. The average molecular weight is 496 g/mol. The zero-order valence-electron chi connectivity index (χ0n) is 16.2. The Hall–Kier alpha value is -1.54. The van der Waals surface area contributed by atoms with Crippen molar-refractivity contribution < 1.29 is 0 Å². The largest absolute Gasteiger partial charge is 0.364 e. The summed E-state index contributed by atoms with van der Waals surface area (Å²) < 4.78 is 0. The molecule has 0 amide bonds. The zero-order chi connectivity index (χ0) is 18.4. The smallest absolute Gasteiger partial charge is 0.191 e. The zero-order valence-corrected chi connectivity index (χ0v) is 19.4. The van der Waals surface area contributed by atoms with Crippen LogP contribution in [-0.4, -0.2) is 32.1 Å². The average Bonchev–Trinajstić information content (AvgIpc) is 3.31. The summed E-state index contributed by atoms with van der Waals surface area (Å²) in [5.74, 6) is 0.846. The van der Waals surface area contributed by atoms with Crippen LogP contribution in [0, 0.1) is 6.92 Å². The maximum Gasteiger partial charge on any atom is 0.191 e. The number of anilines is 1. The third-order valence-electron chi connectivity index (χ3n) is 4.46. The fraction of sp³-hybridized carbons (Fsp3) is 0.381. The van der Waals surface area contributed by atoms with Crippen molar-refractivity contribution in [3.63, 3.8) is 0 Å². The molecular formula is C21H29IN4S. The summed E-state index contributed by atoms with van der Waals surface area (Å²) in [5, 5.41) is 6.92. The molecule has 1 aromatic heterocycles. The summed E-state index contributed by atoms with van der Waals surface area (Å²) >= 11 is 1.86. The number of aryl methyl sites for hydroxylation is 1. The molecule has 0 radical (unpaired) electrons. The summed E-state index contributed by atoms with van der Waals surface area (Å²) in [7, 11) is 1.82. The van der Waals surface area contributed by atoms with Crippen LogP contribution in [-0.2, 0) is 13.0 Å². The van der Waals surface area contributed by atoms with E-state index in [-0.39, 0.29) is 24.0 Å². The summed E-state index contributed by atoms with van der Waals surface area (Å²) in [5.41, 5.74) is 2.54. The maximum absolute atomic E-state index is 4.37. The van der Waals surface area contributed by atoms with E-state index >= 15 is 0 Å². The molecule has 0 fully saturated rings. The fourth-order valence-corrected chi connectivity index (χ4v) is 4.13. The van der Waals surface area contributed by atoms with Gasteiger partial charge in [0.05, 0.1) is 0 Å². The van der Waals surface area contributed by atoms with Crippen LogP contribution in [0.1, 0.15) is 22.2 Å². The van der Waals surface area contributed by atoms with Gasteiger partial charge in [-0.2, -0.15) is 0 Å². The maximum atomic E-state index is 4.37. The van der Waals surface area contributed by atoms with Crippen LogP contribution in [0.3, 0.4) is 0 Å². The molecule has 0 bridgehead atoms. The summed E-state index contributed by atoms with van der Waals surface area (Å²) in [6, 6.07) is 13.4. The molecule has 1 atom stereocenters.